The molecule has 4 N–H and O–H groups in total. The zero-order valence-electron chi connectivity index (χ0n) is 15.3. The molecular weight excluding hydrogens is 352 g/mol. The molecular formula is C18H24N4O5. The number of amides is 4. The number of likely N-dealkylation sites (tertiary alicyclic amines) is 1. The third-order valence-corrected chi connectivity index (χ3v) is 4.10. The highest BCUT2D eigenvalue weighted by atomic mass is 16.4. The number of nitrogens with one attached hydrogen (secondary N) is 3. The lowest BCUT2D eigenvalue weighted by atomic mass is 10.1. The normalized spacial score (nSPS) is 18.9. The third kappa shape index (κ3) is 5.70. The fraction of sp³-hybridized carbons (Fsp3) is 0.444. The lowest BCUT2D eigenvalue weighted by Gasteiger charge is -2.21. The van der Waals surface area contributed by atoms with Crippen LogP contribution in [0.4, 0.5) is 4.79 Å². The molecule has 1 aliphatic heterocycles. The molecule has 0 aromatic heterocycles. The van der Waals surface area contributed by atoms with E-state index in [1.807, 2.05) is 0 Å². The summed E-state index contributed by atoms with van der Waals surface area (Å²) in [5.41, 5.74) is 0.459. The van der Waals surface area contributed by atoms with Crippen molar-refractivity contribution in [2.24, 2.45) is 0 Å². The van der Waals surface area contributed by atoms with Crippen LogP contribution in [0, 0.1) is 0 Å². The maximum absolute atomic E-state index is 12.4. The van der Waals surface area contributed by atoms with Gasteiger partial charge in [-0.25, -0.2) is 9.59 Å². The molecule has 0 aliphatic carbocycles. The molecule has 1 heterocycles. The van der Waals surface area contributed by atoms with Gasteiger partial charge >= 0.3 is 12.0 Å². The number of hydrogen-bond acceptors (Lipinski definition) is 4. The van der Waals surface area contributed by atoms with Crippen LogP contribution in [-0.2, 0) is 9.59 Å². The molecule has 0 radical (unpaired) electrons. The second kappa shape index (κ2) is 9.02. The van der Waals surface area contributed by atoms with Crippen molar-refractivity contribution in [3.63, 3.8) is 0 Å². The zero-order valence-corrected chi connectivity index (χ0v) is 15.3. The van der Waals surface area contributed by atoms with E-state index in [9.17, 15) is 24.3 Å². The summed E-state index contributed by atoms with van der Waals surface area (Å²) in [6.45, 7) is 3.31. The maximum atomic E-state index is 12.4. The molecule has 0 saturated carbocycles. The fourth-order valence-electron chi connectivity index (χ4n) is 2.88. The molecule has 1 saturated heterocycles. The minimum Gasteiger partial charge on any atom is -0.480 e. The second-order valence-corrected chi connectivity index (χ2v) is 6.65. The Balaban J connectivity index is 1.95. The first kappa shape index (κ1) is 20.2. The van der Waals surface area contributed by atoms with Gasteiger partial charge in [-0.15, -0.1) is 0 Å². The van der Waals surface area contributed by atoms with Gasteiger partial charge in [0, 0.05) is 30.6 Å². The predicted molar refractivity (Wildman–Crippen MR) is 97.1 cm³/mol. The van der Waals surface area contributed by atoms with Gasteiger partial charge in [-0.05, 0) is 26.0 Å². The SMILES string of the molecule is CC(C)NC(=O)NCC(=O)N1CC(NC(=O)c2ccccc2)CC1C(=O)O. The minimum absolute atomic E-state index is 0.0713. The molecule has 1 aromatic carbocycles. The summed E-state index contributed by atoms with van der Waals surface area (Å²) in [5.74, 6) is -1.99. The standard InChI is InChI=1S/C18H24N4O5/c1-11(2)20-18(27)19-9-15(23)22-10-13(8-14(22)17(25)26)21-16(24)12-6-4-3-5-7-12/h3-7,11,13-14H,8-10H2,1-2H3,(H,21,24)(H,25,26)(H2,19,20,27). The Bertz CT molecular complexity index is 707. The summed E-state index contributed by atoms with van der Waals surface area (Å²) in [7, 11) is 0. The van der Waals surface area contributed by atoms with E-state index in [4.69, 9.17) is 0 Å². The van der Waals surface area contributed by atoms with E-state index in [0.29, 0.717) is 5.56 Å². The molecule has 2 unspecified atom stereocenters. The van der Waals surface area contributed by atoms with Crippen LogP contribution in [0.2, 0.25) is 0 Å². The van der Waals surface area contributed by atoms with Crippen LogP contribution in [0.5, 0.6) is 0 Å². The van der Waals surface area contributed by atoms with Gasteiger partial charge in [0.05, 0.1) is 6.54 Å². The molecule has 9 heteroatoms. The molecule has 9 nitrogen and oxygen atoms in total. The van der Waals surface area contributed by atoms with Crippen molar-refractivity contribution in [3.8, 4) is 0 Å². The molecule has 4 amide bonds. The number of carboxylic acid groups (broad SMARTS) is 1. The molecule has 1 aliphatic rings. The number of nitrogens with zero attached hydrogens (tertiary/aromatic N) is 1. The van der Waals surface area contributed by atoms with Gasteiger partial charge in [0.15, 0.2) is 0 Å². The summed E-state index contributed by atoms with van der Waals surface area (Å²) in [6, 6.07) is 6.43. The Morgan fingerprint density at radius 1 is 1.19 bits per heavy atom. The summed E-state index contributed by atoms with van der Waals surface area (Å²) < 4.78 is 0. The lowest BCUT2D eigenvalue weighted by molar-refractivity contribution is -0.147. The van der Waals surface area contributed by atoms with Crippen molar-refractivity contribution < 1.29 is 24.3 Å². The summed E-state index contributed by atoms with van der Waals surface area (Å²) in [6.07, 6.45) is 0.109. The average Bonchev–Trinajstić information content (AvgIpc) is 3.04. The van der Waals surface area contributed by atoms with E-state index < -0.39 is 30.0 Å². The highest BCUT2D eigenvalue weighted by Gasteiger charge is 2.40. The minimum atomic E-state index is -1.15. The molecule has 2 atom stereocenters. The van der Waals surface area contributed by atoms with E-state index in [0.717, 1.165) is 0 Å². The first-order valence-corrected chi connectivity index (χ1v) is 8.70. The van der Waals surface area contributed by atoms with Crippen LogP contribution in [-0.4, -0.2) is 65.0 Å². The van der Waals surface area contributed by atoms with Crippen LogP contribution in [0.25, 0.3) is 0 Å². The van der Waals surface area contributed by atoms with Crippen LogP contribution >= 0.6 is 0 Å². The number of hydrogen-bond donors (Lipinski definition) is 4. The number of aliphatic carboxylic acids is 1. The molecule has 1 fully saturated rings. The number of benzene rings is 1. The van der Waals surface area contributed by atoms with Crippen molar-refractivity contribution in [1.29, 1.82) is 0 Å². The number of carbonyl (C=O) groups excluding carboxylic acids is 3. The Labute approximate surface area is 157 Å². The number of carboxylic acids is 1. The van der Waals surface area contributed by atoms with E-state index in [-0.39, 0.29) is 31.5 Å². The highest BCUT2D eigenvalue weighted by molar-refractivity contribution is 5.94. The van der Waals surface area contributed by atoms with Crippen molar-refractivity contribution >= 4 is 23.8 Å². The van der Waals surface area contributed by atoms with Gasteiger partial charge in [-0.1, -0.05) is 18.2 Å². The highest BCUT2D eigenvalue weighted by Crippen LogP contribution is 2.19. The van der Waals surface area contributed by atoms with Crippen LogP contribution in [0.3, 0.4) is 0 Å². The number of urea groups is 1. The van der Waals surface area contributed by atoms with Gasteiger partial charge in [0.2, 0.25) is 5.91 Å². The summed E-state index contributed by atoms with van der Waals surface area (Å²) in [4.78, 5) is 48.9. The molecule has 0 spiro atoms. The van der Waals surface area contributed by atoms with Crippen molar-refractivity contribution in [1.82, 2.24) is 20.9 Å². The monoisotopic (exact) mass is 376 g/mol. The summed E-state index contributed by atoms with van der Waals surface area (Å²) >= 11 is 0. The van der Waals surface area contributed by atoms with E-state index >= 15 is 0 Å². The van der Waals surface area contributed by atoms with Crippen LogP contribution in [0.15, 0.2) is 30.3 Å². The molecule has 1 aromatic rings. The van der Waals surface area contributed by atoms with Crippen molar-refractivity contribution in [3.05, 3.63) is 35.9 Å². The van der Waals surface area contributed by atoms with E-state index in [2.05, 4.69) is 16.0 Å². The van der Waals surface area contributed by atoms with E-state index in [1.54, 1.807) is 44.2 Å². The first-order valence-electron chi connectivity index (χ1n) is 8.70. The molecule has 2 rings (SSSR count). The Morgan fingerprint density at radius 2 is 1.85 bits per heavy atom. The Morgan fingerprint density at radius 3 is 2.44 bits per heavy atom. The quantitative estimate of drug-likeness (QED) is 0.563. The third-order valence-electron chi connectivity index (χ3n) is 4.10. The Kier molecular flexibility index (Phi) is 6.75. The molecule has 0 bridgehead atoms. The second-order valence-electron chi connectivity index (χ2n) is 6.65. The van der Waals surface area contributed by atoms with Crippen LogP contribution < -0.4 is 16.0 Å². The zero-order chi connectivity index (χ0) is 20.0. The maximum Gasteiger partial charge on any atom is 0.326 e. The molecule has 27 heavy (non-hydrogen) atoms. The first-order chi connectivity index (χ1) is 12.8. The van der Waals surface area contributed by atoms with Gasteiger partial charge in [0.1, 0.15) is 6.04 Å². The van der Waals surface area contributed by atoms with Crippen molar-refractivity contribution in [2.75, 3.05) is 13.1 Å². The smallest absolute Gasteiger partial charge is 0.326 e. The predicted octanol–water partition coefficient (Wildman–Crippen LogP) is 0.178. The average molecular weight is 376 g/mol. The number of carbonyl (C=O) groups is 4. The fourth-order valence-corrected chi connectivity index (χ4v) is 2.88. The number of rotatable bonds is 6. The topological polar surface area (TPSA) is 128 Å². The molecule has 146 valence electrons. The van der Waals surface area contributed by atoms with E-state index in [1.165, 1.54) is 4.90 Å². The van der Waals surface area contributed by atoms with Crippen molar-refractivity contribution in [2.45, 2.75) is 38.4 Å². The Hall–Kier alpha value is -3.10. The van der Waals surface area contributed by atoms with Gasteiger partial charge < -0.3 is 26.0 Å². The summed E-state index contributed by atoms with van der Waals surface area (Å²) in [5, 5.41) is 17.1. The van der Waals surface area contributed by atoms with Gasteiger partial charge in [-0.2, -0.15) is 0 Å². The van der Waals surface area contributed by atoms with Gasteiger partial charge in [-0.3, -0.25) is 9.59 Å². The lowest BCUT2D eigenvalue weighted by Crippen LogP contribution is -2.48. The largest absolute Gasteiger partial charge is 0.480 e. The van der Waals surface area contributed by atoms with Gasteiger partial charge in [0.25, 0.3) is 5.91 Å². The van der Waals surface area contributed by atoms with Crippen LogP contribution in [0.1, 0.15) is 30.6 Å².